The predicted octanol–water partition coefficient (Wildman–Crippen LogP) is 8.03. The summed E-state index contributed by atoms with van der Waals surface area (Å²) in [5.74, 6) is 2.21. The van der Waals surface area contributed by atoms with Crippen LogP contribution in [0.15, 0.2) is 34.3 Å². The second-order valence-corrected chi connectivity index (χ2v) is 11.9. The van der Waals surface area contributed by atoms with Crippen molar-refractivity contribution >= 4 is 56.4 Å². The second-order valence-electron chi connectivity index (χ2n) is 11.1. The Balaban J connectivity index is 1.26. The van der Waals surface area contributed by atoms with E-state index >= 15 is 0 Å². The van der Waals surface area contributed by atoms with Gasteiger partial charge in [-0.1, -0.05) is 23.2 Å². The Kier molecular flexibility index (Phi) is 4.68. The first kappa shape index (κ1) is 23.2. The fraction of sp³-hybridized carbons (Fsp3) is 0.312. The average molecular weight is 569 g/mol. The van der Waals surface area contributed by atoms with Crippen LogP contribution in [0.1, 0.15) is 49.2 Å². The molecule has 2 aromatic heterocycles. The highest BCUT2D eigenvalue weighted by Gasteiger charge is 2.30. The van der Waals surface area contributed by atoms with Crippen LogP contribution in [0.3, 0.4) is 0 Å². The first-order chi connectivity index (χ1) is 19.6. The number of aryl methyl sites for hydroxylation is 4. The van der Waals surface area contributed by atoms with Gasteiger partial charge in [0.2, 0.25) is 0 Å². The fourth-order valence-electron chi connectivity index (χ4n) is 7.50. The van der Waals surface area contributed by atoms with Crippen LogP contribution in [0.25, 0.3) is 21.8 Å². The zero-order valence-corrected chi connectivity index (χ0v) is 23.8. The number of fused-ring (bicyclic) bond motifs is 10. The Hall–Kier alpha value is -3.48. The summed E-state index contributed by atoms with van der Waals surface area (Å²) in [6.45, 7) is 6.23. The van der Waals surface area contributed by atoms with Crippen LogP contribution in [-0.2, 0) is 38.8 Å². The van der Waals surface area contributed by atoms with Crippen molar-refractivity contribution in [3.63, 3.8) is 0 Å². The maximum absolute atomic E-state index is 7.00. The third-order valence-corrected chi connectivity index (χ3v) is 9.88. The second kappa shape index (κ2) is 8.05. The van der Waals surface area contributed by atoms with E-state index in [4.69, 9.17) is 42.7 Å². The maximum atomic E-state index is 7.00. The molecule has 0 saturated carbocycles. The van der Waals surface area contributed by atoms with Gasteiger partial charge in [0.25, 0.3) is 0 Å². The predicted molar refractivity (Wildman–Crippen MR) is 158 cm³/mol. The molecule has 0 atom stereocenters. The molecule has 6 nitrogen and oxygen atoms in total. The number of ether oxygens (including phenoxy) is 2. The Labute approximate surface area is 240 Å². The molecule has 4 aliphatic rings. The number of hydrogen-bond acceptors (Lipinski definition) is 4. The van der Waals surface area contributed by atoms with Crippen molar-refractivity contribution in [2.75, 3.05) is 0 Å². The normalized spacial score (nSPS) is 15.9. The molecule has 0 radical (unpaired) electrons. The number of hydrogen-bond donors (Lipinski definition) is 0. The van der Waals surface area contributed by atoms with Gasteiger partial charge in [0.05, 0.1) is 11.0 Å². The van der Waals surface area contributed by atoms with Crippen molar-refractivity contribution in [1.82, 2.24) is 9.13 Å². The number of benzene rings is 3. The van der Waals surface area contributed by atoms with E-state index < -0.39 is 0 Å². The van der Waals surface area contributed by atoms with Gasteiger partial charge in [0.15, 0.2) is 23.0 Å². The fourth-order valence-corrected chi connectivity index (χ4v) is 8.01. The van der Waals surface area contributed by atoms with Crippen LogP contribution in [0, 0.1) is 0 Å². The topological polar surface area (TPSA) is 53.0 Å². The lowest BCUT2D eigenvalue weighted by molar-refractivity contribution is 0.451. The van der Waals surface area contributed by atoms with Crippen molar-refractivity contribution in [2.45, 2.75) is 65.5 Å². The van der Waals surface area contributed by atoms with Crippen molar-refractivity contribution in [3.8, 4) is 23.0 Å². The lowest BCUT2D eigenvalue weighted by Crippen LogP contribution is -2.22. The van der Waals surface area contributed by atoms with Crippen LogP contribution in [0.2, 0.25) is 10.0 Å². The monoisotopic (exact) mass is 568 g/mol. The molecule has 0 amide bonds. The number of nitrogens with zero attached hydrogens (tertiary/aromatic N) is 4. The molecule has 0 saturated heterocycles. The standard InChI is InChI=1S/C32H26Cl2N4O2/c1-3-37-21-9-5-7-15(21)17-11-19-25(13-23(17)37)39-31-27(33)30-32(28(34)29(31)35-19)40-26-14-24-18(12-20(26)36-30)16-8-6-10-22(16)38(24)4-2/h11-14H,3-10H2,1-2H3. The van der Waals surface area contributed by atoms with Crippen molar-refractivity contribution in [2.24, 2.45) is 9.98 Å². The van der Waals surface area contributed by atoms with E-state index in [0.717, 1.165) is 50.1 Å². The van der Waals surface area contributed by atoms with Gasteiger partial charge in [-0.05, 0) is 75.6 Å². The minimum absolute atomic E-state index is 0.361. The Bertz CT molecular complexity index is 1970. The van der Waals surface area contributed by atoms with Crippen LogP contribution in [0.5, 0.6) is 23.0 Å². The largest absolute Gasteiger partial charge is 0.451 e. The zero-order valence-electron chi connectivity index (χ0n) is 22.3. The molecule has 2 aliphatic carbocycles. The molecular weight excluding hydrogens is 543 g/mol. The molecule has 200 valence electrons. The van der Waals surface area contributed by atoms with E-state index in [1.807, 2.05) is 0 Å². The molecule has 2 aliphatic heterocycles. The number of halogens is 2. The molecule has 0 fully saturated rings. The molecule has 40 heavy (non-hydrogen) atoms. The number of aromatic nitrogens is 2. The third kappa shape index (κ3) is 2.86. The lowest BCUT2D eigenvalue weighted by atomic mass is 10.1. The highest BCUT2D eigenvalue weighted by Crippen LogP contribution is 2.47. The summed E-state index contributed by atoms with van der Waals surface area (Å²) in [5, 5.41) is 4.19. The minimum Gasteiger partial charge on any atom is -0.451 e. The summed E-state index contributed by atoms with van der Waals surface area (Å²) in [4.78, 5) is 9.96. The van der Waals surface area contributed by atoms with Gasteiger partial charge < -0.3 is 18.6 Å². The van der Waals surface area contributed by atoms with Crippen LogP contribution in [0.4, 0.5) is 11.4 Å². The minimum atomic E-state index is 0.361. The Morgan fingerprint density at radius 3 is 1.55 bits per heavy atom. The summed E-state index contributed by atoms with van der Waals surface area (Å²) >= 11 is 14.0. The van der Waals surface area contributed by atoms with Crippen LogP contribution in [-0.4, -0.2) is 9.13 Å². The third-order valence-electron chi connectivity index (χ3n) is 9.18. The molecule has 0 spiro atoms. The van der Waals surface area contributed by atoms with E-state index in [-0.39, 0.29) is 0 Å². The zero-order chi connectivity index (χ0) is 26.9. The quantitative estimate of drug-likeness (QED) is 0.212. The summed E-state index contributed by atoms with van der Waals surface area (Å²) in [6, 6.07) is 8.48. The SMILES string of the molecule is CCn1c2c(c3cc4c(cc31)Oc1c(Cl)c3c(c(Cl)c1=N4)Oc1cc4c(cc1N=3)c1c(n4CC)CCC1)CCC2. The first-order valence-corrected chi connectivity index (χ1v) is 15.0. The van der Waals surface area contributed by atoms with Crippen LogP contribution < -0.4 is 20.2 Å². The molecule has 4 heterocycles. The number of rotatable bonds is 2. The molecule has 8 heteroatoms. The summed E-state index contributed by atoms with van der Waals surface area (Å²) < 4.78 is 17.7. The molecule has 5 aromatic rings. The highest BCUT2D eigenvalue weighted by molar-refractivity contribution is 6.35. The van der Waals surface area contributed by atoms with Gasteiger partial charge in [0, 0.05) is 47.4 Å². The van der Waals surface area contributed by atoms with Gasteiger partial charge in [-0.3, -0.25) is 0 Å². The van der Waals surface area contributed by atoms with Gasteiger partial charge in [0.1, 0.15) is 32.1 Å². The smallest absolute Gasteiger partial charge is 0.175 e. The van der Waals surface area contributed by atoms with Crippen LogP contribution >= 0.6 is 23.2 Å². The van der Waals surface area contributed by atoms with E-state index in [0.29, 0.717) is 43.8 Å². The van der Waals surface area contributed by atoms with Gasteiger partial charge in [-0.15, -0.1) is 0 Å². The van der Waals surface area contributed by atoms with E-state index in [1.54, 1.807) is 0 Å². The lowest BCUT2D eigenvalue weighted by Gasteiger charge is -2.21. The summed E-state index contributed by atoms with van der Waals surface area (Å²) in [7, 11) is 0. The van der Waals surface area contributed by atoms with Crippen molar-refractivity contribution < 1.29 is 9.47 Å². The highest BCUT2D eigenvalue weighted by atomic mass is 35.5. The van der Waals surface area contributed by atoms with Gasteiger partial charge in [-0.25, -0.2) is 9.98 Å². The summed E-state index contributed by atoms with van der Waals surface area (Å²) in [6.07, 6.45) is 6.82. The van der Waals surface area contributed by atoms with E-state index in [1.165, 1.54) is 57.2 Å². The molecule has 3 aromatic carbocycles. The van der Waals surface area contributed by atoms with Crippen molar-refractivity contribution in [1.29, 1.82) is 0 Å². The molecule has 9 rings (SSSR count). The van der Waals surface area contributed by atoms with Gasteiger partial charge >= 0.3 is 0 Å². The Morgan fingerprint density at radius 1 is 0.675 bits per heavy atom. The maximum Gasteiger partial charge on any atom is 0.175 e. The molecule has 0 bridgehead atoms. The Morgan fingerprint density at radius 2 is 1.12 bits per heavy atom. The van der Waals surface area contributed by atoms with Gasteiger partial charge in [-0.2, -0.15) is 0 Å². The summed E-state index contributed by atoms with van der Waals surface area (Å²) in [5.41, 5.74) is 9.61. The first-order valence-electron chi connectivity index (χ1n) is 14.3. The van der Waals surface area contributed by atoms with E-state index in [2.05, 4.69) is 47.2 Å². The molecule has 0 unspecified atom stereocenters. The van der Waals surface area contributed by atoms with E-state index in [9.17, 15) is 0 Å². The van der Waals surface area contributed by atoms with Crippen molar-refractivity contribution in [3.05, 3.63) is 67.5 Å². The average Bonchev–Trinajstić information content (AvgIpc) is 3.74. The molecule has 0 N–H and O–H groups in total. The molecular formula is C32H26Cl2N4O2.